The summed E-state index contributed by atoms with van der Waals surface area (Å²) in [6.45, 7) is 0.342. The van der Waals surface area contributed by atoms with Crippen LogP contribution in [0.25, 0.3) is 0 Å². The van der Waals surface area contributed by atoms with Crippen LogP contribution in [-0.4, -0.2) is 27.2 Å². The smallest absolute Gasteiger partial charge is 0.304 e. The quantitative estimate of drug-likeness (QED) is 0.667. The molecule has 21 heavy (non-hydrogen) atoms. The zero-order valence-electron chi connectivity index (χ0n) is 11.2. The number of hydrogen-bond donors (Lipinski definition) is 1. The Balaban J connectivity index is 1.94. The molecule has 0 saturated carbocycles. The molecule has 2 aromatic rings. The van der Waals surface area contributed by atoms with Gasteiger partial charge in [-0.05, 0) is 18.2 Å². The molecule has 1 heterocycles. The molecule has 1 aromatic carbocycles. The fraction of sp³-hybridized carbons (Fsp3) is 0.231. The monoisotopic (exact) mass is 292 g/mol. The maximum atomic E-state index is 13.4. The average Bonchev–Trinajstić information content (AvgIpc) is 2.83. The number of carbonyl (C=O) groups excluding carboxylic acids is 1. The maximum absolute atomic E-state index is 13.4. The molecule has 0 bridgehead atoms. The summed E-state index contributed by atoms with van der Waals surface area (Å²) in [6.07, 6.45) is 2.34. The minimum Gasteiger partial charge on any atom is -0.352 e. The molecule has 1 N–H and O–H groups in total. The Labute approximate surface area is 119 Å². The van der Waals surface area contributed by atoms with Crippen LogP contribution in [0.15, 0.2) is 30.5 Å². The second-order valence-electron chi connectivity index (χ2n) is 4.41. The summed E-state index contributed by atoms with van der Waals surface area (Å²) in [5, 5.41) is 17.3. The number of halogens is 1. The molecule has 0 aliphatic rings. The number of nitrogens with zero attached hydrogens (tertiary/aromatic N) is 3. The highest BCUT2D eigenvalue weighted by atomic mass is 19.1. The van der Waals surface area contributed by atoms with Gasteiger partial charge >= 0.3 is 5.69 Å². The third-order valence-corrected chi connectivity index (χ3v) is 2.84. The van der Waals surface area contributed by atoms with E-state index in [1.54, 1.807) is 17.9 Å². The first-order valence-electron chi connectivity index (χ1n) is 6.18. The van der Waals surface area contributed by atoms with Crippen molar-refractivity contribution < 1.29 is 14.1 Å². The average molecular weight is 292 g/mol. The Morgan fingerprint density at radius 3 is 2.81 bits per heavy atom. The molecule has 1 aromatic heterocycles. The number of nitro benzene ring substituents is 1. The molecule has 0 aliphatic heterocycles. The zero-order chi connectivity index (χ0) is 15.4. The summed E-state index contributed by atoms with van der Waals surface area (Å²) < 4.78 is 15.1. The van der Waals surface area contributed by atoms with Crippen molar-refractivity contribution in [3.8, 4) is 0 Å². The lowest BCUT2D eigenvalue weighted by molar-refractivity contribution is -0.387. The van der Waals surface area contributed by atoms with Crippen molar-refractivity contribution in [2.45, 2.75) is 6.42 Å². The third-order valence-electron chi connectivity index (χ3n) is 2.84. The Bertz CT molecular complexity index is 684. The van der Waals surface area contributed by atoms with Crippen LogP contribution < -0.4 is 5.32 Å². The van der Waals surface area contributed by atoms with Crippen LogP contribution in [0.4, 0.5) is 10.1 Å². The van der Waals surface area contributed by atoms with Gasteiger partial charge in [0.25, 0.3) is 5.91 Å². The number of aromatic nitrogens is 2. The molecule has 7 nitrogen and oxygen atoms in total. The molecule has 0 radical (unpaired) electrons. The number of amides is 1. The Hall–Kier alpha value is -2.77. The van der Waals surface area contributed by atoms with Gasteiger partial charge in [0.1, 0.15) is 0 Å². The first-order valence-corrected chi connectivity index (χ1v) is 6.18. The molecular formula is C13H13FN4O3. The Morgan fingerprint density at radius 1 is 1.48 bits per heavy atom. The van der Waals surface area contributed by atoms with E-state index in [4.69, 9.17) is 0 Å². The van der Waals surface area contributed by atoms with Gasteiger partial charge in [-0.2, -0.15) is 9.49 Å². The first-order chi connectivity index (χ1) is 9.97. The SMILES string of the molecule is Cn1ccc(CCNC(=O)c2ccc([N+](=O)[O-])c(F)c2)n1. The Kier molecular flexibility index (Phi) is 4.27. The number of carbonyl (C=O) groups is 1. The number of rotatable bonds is 5. The van der Waals surface area contributed by atoms with Gasteiger partial charge in [-0.25, -0.2) is 0 Å². The van der Waals surface area contributed by atoms with Gasteiger partial charge in [-0.1, -0.05) is 0 Å². The van der Waals surface area contributed by atoms with Crippen LogP contribution in [0.2, 0.25) is 0 Å². The number of hydrogen-bond acceptors (Lipinski definition) is 4. The third kappa shape index (κ3) is 3.62. The lowest BCUT2D eigenvalue weighted by atomic mass is 10.2. The molecule has 0 aliphatic carbocycles. The first kappa shape index (κ1) is 14.6. The predicted octanol–water partition coefficient (Wildman–Crippen LogP) is 1.44. The van der Waals surface area contributed by atoms with E-state index in [0.717, 1.165) is 17.8 Å². The van der Waals surface area contributed by atoms with Crippen LogP contribution in [0.5, 0.6) is 0 Å². The van der Waals surface area contributed by atoms with E-state index in [0.29, 0.717) is 13.0 Å². The highest BCUT2D eigenvalue weighted by Crippen LogP contribution is 2.17. The molecule has 0 fully saturated rings. The summed E-state index contributed by atoms with van der Waals surface area (Å²) in [6, 6.07) is 4.88. The van der Waals surface area contributed by atoms with E-state index in [2.05, 4.69) is 10.4 Å². The normalized spacial score (nSPS) is 10.4. The van der Waals surface area contributed by atoms with Crippen molar-refractivity contribution in [1.29, 1.82) is 0 Å². The molecular weight excluding hydrogens is 279 g/mol. The van der Waals surface area contributed by atoms with Gasteiger partial charge < -0.3 is 5.32 Å². The number of aryl methyl sites for hydroxylation is 1. The van der Waals surface area contributed by atoms with E-state index in [1.165, 1.54) is 6.07 Å². The highest BCUT2D eigenvalue weighted by molar-refractivity contribution is 5.94. The summed E-state index contributed by atoms with van der Waals surface area (Å²) in [7, 11) is 1.79. The van der Waals surface area contributed by atoms with E-state index in [1.807, 2.05) is 6.07 Å². The van der Waals surface area contributed by atoms with Crippen molar-refractivity contribution in [1.82, 2.24) is 15.1 Å². The fourth-order valence-electron chi connectivity index (χ4n) is 1.80. The van der Waals surface area contributed by atoms with E-state index >= 15 is 0 Å². The largest absolute Gasteiger partial charge is 0.352 e. The van der Waals surface area contributed by atoms with Gasteiger partial charge in [0.2, 0.25) is 5.82 Å². The van der Waals surface area contributed by atoms with Crippen LogP contribution in [0.3, 0.4) is 0 Å². The molecule has 1 amide bonds. The Morgan fingerprint density at radius 2 is 2.24 bits per heavy atom. The van der Waals surface area contributed by atoms with Crippen molar-refractivity contribution in [3.63, 3.8) is 0 Å². The summed E-state index contributed by atoms with van der Waals surface area (Å²) in [4.78, 5) is 21.5. The van der Waals surface area contributed by atoms with E-state index in [9.17, 15) is 19.3 Å². The van der Waals surface area contributed by atoms with Crippen molar-refractivity contribution in [2.75, 3.05) is 6.54 Å². The van der Waals surface area contributed by atoms with Gasteiger partial charge in [-0.3, -0.25) is 19.6 Å². The second kappa shape index (κ2) is 6.12. The number of benzene rings is 1. The predicted molar refractivity (Wildman–Crippen MR) is 72.3 cm³/mol. The molecule has 0 saturated heterocycles. The maximum Gasteiger partial charge on any atom is 0.304 e. The van der Waals surface area contributed by atoms with Crippen molar-refractivity contribution >= 4 is 11.6 Å². The lowest BCUT2D eigenvalue weighted by Gasteiger charge is -2.04. The van der Waals surface area contributed by atoms with Gasteiger partial charge in [0.15, 0.2) is 0 Å². The molecule has 8 heteroatoms. The number of nitro groups is 1. The minimum absolute atomic E-state index is 0.0409. The molecule has 2 rings (SSSR count). The summed E-state index contributed by atoms with van der Waals surface area (Å²) in [5.74, 6) is -1.52. The van der Waals surface area contributed by atoms with Crippen LogP contribution >= 0.6 is 0 Å². The molecule has 0 unspecified atom stereocenters. The summed E-state index contributed by atoms with van der Waals surface area (Å²) in [5.41, 5.74) is 0.215. The van der Waals surface area contributed by atoms with E-state index < -0.39 is 22.3 Å². The van der Waals surface area contributed by atoms with Crippen LogP contribution in [0.1, 0.15) is 16.1 Å². The van der Waals surface area contributed by atoms with Crippen molar-refractivity contribution in [3.05, 3.63) is 57.7 Å². The lowest BCUT2D eigenvalue weighted by Crippen LogP contribution is -2.26. The molecule has 0 atom stereocenters. The van der Waals surface area contributed by atoms with Gasteiger partial charge in [0.05, 0.1) is 10.6 Å². The number of nitrogens with one attached hydrogen (secondary N) is 1. The molecule has 0 spiro atoms. The zero-order valence-corrected chi connectivity index (χ0v) is 11.2. The van der Waals surface area contributed by atoms with Gasteiger partial charge in [0, 0.05) is 37.8 Å². The second-order valence-corrected chi connectivity index (χ2v) is 4.41. The minimum atomic E-state index is -1.03. The molecule has 110 valence electrons. The van der Waals surface area contributed by atoms with Gasteiger partial charge in [-0.15, -0.1) is 0 Å². The van der Waals surface area contributed by atoms with Crippen LogP contribution in [-0.2, 0) is 13.5 Å². The summed E-state index contributed by atoms with van der Waals surface area (Å²) >= 11 is 0. The highest BCUT2D eigenvalue weighted by Gasteiger charge is 2.16. The van der Waals surface area contributed by atoms with Crippen molar-refractivity contribution in [2.24, 2.45) is 7.05 Å². The van der Waals surface area contributed by atoms with E-state index in [-0.39, 0.29) is 5.56 Å². The van der Waals surface area contributed by atoms with Crippen LogP contribution in [0, 0.1) is 15.9 Å². The fourth-order valence-corrected chi connectivity index (χ4v) is 1.80. The topological polar surface area (TPSA) is 90.1 Å². The standard InChI is InChI=1S/C13H13FN4O3/c1-17-7-5-10(16-17)4-6-15-13(19)9-2-3-12(18(20)21)11(14)8-9/h2-3,5,7-8H,4,6H2,1H3,(H,15,19).